The van der Waals surface area contributed by atoms with Crippen molar-refractivity contribution in [3.05, 3.63) is 6.92 Å². The lowest BCUT2D eigenvalue weighted by Crippen LogP contribution is -2.35. The van der Waals surface area contributed by atoms with Crippen molar-refractivity contribution in [2.24, 2.45) is 5.92 Å². The zero-order chi connectivity index (χ0) is 10.7. The smallest absolute Gasteiger partial charge is 0.227 e. The number of likely N-dealkylation sites (tertiary alicyclic amines) is 1. The van der Waals surface area contributed by atoms with Crippen LogP contribution in [0, 0.1) is 12.8 Å². The molecule has 0 N–H and O–H groups in total. The first-order valence-electron chi connectivity index (χ1n) is 4.86. The minimum absolute atomic E-state index is 0.0225. The molecular formula is C10H17N2O2. The Hall–Kier alpha value is -1.06. The fourth-order valence-electron chi connectivity index (χ4n) is 1.67. The van der Waals surface area contributed by atoms with Crippen LogP contribution in [0.5, 0.6) is 0 Å². The summed E-state index contributed by atoms with van der Waals surface area (Å²) in [6, 6.07) is 0. The minimum Gasteiger partial charge on any atom is -0.345 e. The zero-order valence-corrected chi connectivity index (χ0v) is 8.82. The molecule has 0 saturated carbocycles. The highest BCUT2D eigenvalue weighted by atomic mass is 16.2. The van der Waals surface area contributed by atoms with Gasteiger partial charge < -0.3 is 9.80 Å². The quantitative estimate of drug-likeness (QED) is 0.632. The van der Waals surface area contributed by atoms with Gasteiger partial charge in [-0.3, -0.25) is 9.59 Å². The van der Waals surface area contributed by atoms with Crippen molar-refractivity contribution in [2.45, 2.75) is 13.3 Å². The summed E-state index contributed by atoms with van der Waals surface area (Å²) in [7, 11) is 1.74. The molecule has 1 rings (SSSR count). The predicted octanol–water partition coefficient (Wildman–Crippen LogP) is 0.147. The molecule has 1 heterocycles. The van der Waals surface area contributed by atoms with Gasteiger partial charge in [0.25, 0.3) is 0 Å². The van der Waals surface area contributed by atoms with Crippen LogP contribution in [0.25, 0.3) is 0 Å². The molecule has 0 bridgehead atoms. The van der Waals surface area contributed by atoms with E-state index in [2.05, 4.69) is 6.92 Å². The molecule has 1 saturated heterocycles. The predicted molar refractivity (Wildman–Crippen MR) is 53.4 cm³/mol. The van der Waals surface area contributed by atoms with Crippen molar-refractivity contribution in [2.75, 3.05) is 26.7 Å². The van der Waals surface area contributed by atoms with Crippen molar-refractivity contribution in [1.29, 1.82) is 0 Å². The van der Waals surface area contributed by atoms with Crippen LogP contribution in [0.15, 0.2) is 0 Å². The average Bonchev–Trinajstić information content (AvgIpc) is 2.64. The van der Waals surface area contributed by atoms with E-state index in [9.17, 15) is 9.59 Å². The number of carbonyl (C=O) groups is 2. The van der Waals surface area contributed by atoms with E-state index in [1.54, 1.807) is 16.8 Å². The van der Waals surface area contributed by atoms with Gasteiger partial charge in [-0.05, 0) is 13.3 Å². The number of amides is 2. The summed E-state index contributed by atoms with van der Waals surface area (Å²) < 4.78 is 0. The van der Waals surface area contributed by atoms with Gasteiger partial charge in [0.15, 0.2) is 0 Å². The van der Waals surface area contributed by atoms with Gasteiger partial charge in [0.1, 0.15) is 0 Å². The van der Waals surface area contributed by atoms with E-state index in [0.29, 0.717) is 19.6 Å². The number of carbonyl (C=O) groups excluding carboxylic acids is 2. The molecule has 0 aromatic rings. The second-order valence-corrected chi connectivity index (χ2v) is 3.71. The molecule has 4 heteroatoms. The maximum absolute atomic E-state index is 11.7. The third-order valence-electron chi connectivity index (χ3n) is 2.69. The molecule has 2 amide bonds. The molecule has 1 fully saturated rings. The number of hydrogen-bond acceptors (Lipinski definition) is 2. The minimum atomic E-state index is -0.0225. The van der Waals surface area contributed by atoms with Crippen molar-refractivity contribution < 1.29 is 9.59 Å². The van der Waals surface area contributed by atoms with Gasteiger partial charge in [-0.25, -0.2) is 0 Å². The van der Waals surface area contributed by atoms with Crippen LogP contribution in [0.4, 0.5) is 0 Å². The highest BCUT2D eigenvalue weighted by Gasteiger charge is 2.30. The first-order valence-corrected chi connectivity index (χ1v) is 4.86. The summed E-state index contributed by atoms with van der Waals surface area (Å²) in [5.74, 6) is 0.131. The molecule has 0 aromatic heterocycles. The fraction of sp³-hybridized carbons (Fsp3) is 0.700. The molecule has 1 unspecified atom stereocenters. The second kappa shape index (κ2) is 4.44. The van der Waals surface area contributed by atoms with Crippen molar-refractivity contribution in [3.63, 3.8) is 0 Å². The molecule has 4 nitrogen and oxygen atoms in total. The van der Waals surface area contributed by atoms with E-state index < -0.39 is 0 Å². The Morgan fingerprint density at radius 1 is 1.57 bits per heavy atom. The molecule has 1 radical (unpaired) electrons. The van der Waals surface area contributed by atoms with Gasteiger partial charge in [0, 0.05) is 33.6 Å². The third-order valence-corrected chi connectivity index (χ3v) is 2.69. The third kappa shape index (κ3) is 2.25. The van der Waals surface area contributed by atoms with Crippen molar-refractivity contribution in [3.8, 4) is 0 Å². The van der Waals surface area contributed by atoms with Gasteiger partial charge >= 0.3 is 0 Å². The number of rotatable bonds is 2. The van der Waals surface area contributed by atoms with Gasteiger partial charge in [-0.2, -0.15) is 0 Å². The van der Waals surface area contributed by atoms with Crippen LogP contribution in [-0.2, 0) is 9.59 Å². The van der Waals surface area contributed by atoms with Crippen LogP contribution in [-0.4, -0.2) is 48.3 Å². The topological polar surface area (TPSA) is 40.6 Å². The van der Waals surface area contributed by atoms with Gasteiger partial charge in [-0.15, -0.1) is 0 Å². The summed E-state index contributed by atoms with van der Waals surface area (Å²) in [6.07, 6.45) is 0.781. The van der Waals surface area contributed by atoms with Crippen molar-refractivity contribution >= 4 is 11.8 Å². The highest BCUT2D eigenvalue weighted by Crippen LogP contribution is 2.18. The van der Waals surface area contributed by atoms with Crippen LogP contribution in [0.2, 0.25) is 0 Å². The SMILES string of the molecule is [CH2]CN(C)C(=O)C1CCN(C(C)=O)C1. The fourth-order valence-corrected chi connectivity index (χ4v) is 1.67. The van der Waals surface area contributed by atoms with Crippen LogP contribution in [0.3, 0.4) is 0 Å². The molecule has 0 spiro atoms. The molecular weight excluding hydrogens is 180 g/mol. The van der Waals surface area contributed by atoms with Crippen LogP contribution < -0.4 is 0 Å². The van der Waals surface area contributed by atoms with Crippen molar-refractivity contribution in [1.82, 2.24) is 9.80 Å². The normalized spacial score (nSPS) is 21.1. The standard InChI is InChI=1S/C10H17N2O2/c1-4-11(3)10(14)9-5-6-12(7-9)8(2)13/h9H,1,4-7H2,2-3H3. The molecule has 79 valence electrons. The van der Waals surface area contributed by atoms with E-state index in [-0.39, 0.29) is 17.7 Å². The Bertz CT molecular complexity index is 240. The highest BCUT2D eigenvalue weighted by molar-refractivity contribution is 5.81. The first kappa shape index (κ1) is 11.0. The summed E-state index contributed by atoms with van der Waals surface area (Å²) in [5, 5.41) is 0. The van der Waals surface area contributed by atoms with Crippen LogP contribution in [0.1, 0.15) is 13.3 Å². The zero-order valence-electron chi connectivity index (χ0n) is 8.82. The summed E-state index contributed by atoms with van der Waals surface area (Å²) in [4.78, 5) is 26.1. The number of hydrogen-bond donors (Lipinski definition) is 0. The van der Waals surface area contributed by atoms with E-state index in [4.69, 9.17) is 0 Å². The Morgan fingerprint density at radius 2 is 2.21 bits per heavy atom. The Kier molecular flexibility index (Phi) is 3.49. The van der Waals surface area contributed by atoms with Gasteiger partial charge in [-0.1, -0.05) is 0 Å². The molecule has 14 heavy (non-hydrogen) atoms. The lowest BCUT2D eigenvalue weighted by atomic mass is 10.1. The van der Waals surface area contributed by atoms with E-state index >= 15 is 0 Å². The number of nitrogens with zero attached hydrogens (tertiary/aromatic N) is 2. The second-order valence-electron chi connectivity index (χ2n) is 3.71. The maximum atomic E-state index is 11.7. The summed E-state index contributed by atoms with van der Waals surface area (Å²) in [5.41, 5.74) is 0. The Balaban J connectivity index is 2.49. The monoisotopic (exact) mass is 197 g/mol. The van der Waals surface area contributed by atoms with Gasteiger partial charge in [0.2, 0.25) is 11.8 Å². The molecule has 1 aliphatic heterocycles. The summed E-state index contributed by atoms with van der Waals surface area (Å²) >= 11 is 0. The van der Waals surface area contributed by atoms with E-state index in [0.717, 1.165) is 6.42 Å². The van der Waals surface area contributed by atoms with E-state index in [1.807, 2.05) is 0 Å². The molecule has 1 atom stereocenters. The van der Waals surface area contributed by atoms with Crippen LogP contribution >= 0.6 is 0 Å². The maximum Gasteiger partial charge on any atom is 0.227 e. The molecule has 0 aliphatic carbocycles. The lowest BCUT2D eigenvalue weighted by Gasteiger charge is -2.19. The average molecular weight is 197 g/mol. The summed E-state index contributed by atoms with van der Waals surface area (Å²) in [6.45, 7) is 6.95. The Morgan fingerprint density at radius 3 is 2.64 bits per heavy atom. The van der Waals surface area contributed by atoms with E-state index in [1.165, 1.54) is 6.92 Å². The first-order chi connectivity index (χ1) is 6.56. The molecule has 0 aromatic carbocycles. The van der Waals surface area contributed by atoms with Gasteiger partial charge in [0.05, 0.1) is 5.92 Å². The largest absolute Gasteiger partial charge is 0.345 e. The Labute approximate surface area is 84.9 Å². The lowest BCUT2D eigenvalue weighted by molar-refractivity contribution is -0.133. The molecule has 1 aliphatic rings.